The van der Waals surface area contributed by atoms with Crippen molar-refractivity contribution in [2.24, 2.45) is 0 Å². The number of nitrogens with one attached hydrogen (secondary N) is 2. The number of rotatable bonds is 10. The van der Waals surface area contributed by atoms with Crippen molar-refractivity contribution < 1.29 is 28.3 Å². The van der Waals surface area contributed by atoms with Crippen LogP contribution in [0.4, 0.5) is 0 Å². The normalized spacial score (nSPS) is 14.6. The van der Waals surface area contributed by atoms with Crippen molar-refractivity contribution in [1.29, 1.82) is 0 Å². The Labute approximate surface area is 198 Å². The number of hydrogen-bond donors (Lipinski definition) is 2. The monoisotopic (exact) mass is 470 g/mol. The quantitative estimate of drug-likeness (QED) is 0.508. The first kappa shape index (κ1) is 24.9. The predicted molar refractivity (Wildman–Crippen MR) is 121 cm³/mol. The minimum absolute atomic E-state index is 0.00128. The van der Waals surface area contributed by atoms with E-state index in [2.05, 4.69) is 15.6 Å². The maximum absolute atomic E-state index is 13.4. The molecule has 10 heteroatoms. The van der Waals surface area contributed by atoms with Gasteiger partial charge in [-0.1, -0.05) is 25.3 Å². The summed E-state index contributed by atoms with van der Waals surface area (Å²) in [6.45, 7) is 0.886. The molecule has 0 spiro atoms. The molecule has 0 radical (unpaired) electrons. The summed E-state index contributed by atoms with van der Waals surface area (Å²) in [6.07, 6.45) is 9.27. The number of amides is 3. The van der Waals surface area contributed by atoms with E-state index in [1.165, 1.54) is 18.5 Å². The first-order chi connectivity index (χ1) is 16.5. The third-order valence-electron chi connectivity index (χ3n) is 5.58. The van der Waals surface area contributed by atoms with Crippen LogP contribution in [0.5, 0.6) is 0 Å². The van der Waals surface area contributed by atoms with Crippen molar-refractivity contribution in [1.82, 2.24) is 20.5 Å². The third-order valence-corrected chi connectivity index (χ3v) is 5.58. The van der Waals surface area contributed by atoms with E-state index in [1.54, 1.807) is 31.3 Å². The summed E-state index contributed by atoms with van der Waals surface area (Å²) in [4.78, 5) is 56.5. The minimum Gasteiger partial charge on any atom is -0.465 e. The van der Waals surface area contributed by atoms with Crippen LogP contribution < -0.4 is 10.6 Å². The fourth-order valence-electron chi connectivity index (χ4n) is 3.96. The molecule has 0 aromatic carbocycles. The summed E-state index contributed by atoms with van der Waals surface area (Å²) in [5.74, 6) is -2.23. The van der Waals surface area contributed by atoms with E-state index < -0.39 is 42.8 Å². The molecule has 10 nitrogen and oxygen atoms in total. The molecule has 2 N–H and O–H groups in total. The van der Waals surface area contributed by atoms with E-state index in [4.69, 9.17) is 9.15 Å². The maximum Gasteiger partial charge on any atom is 0.325 e. The van der Waals surface area contributed by atoms with E-state index in [1.807, 2.05) is 0 Å². The Kier molecular flexibility index (Phi) is 9.19. The smallest absolute Gasteiger partial charge is 0.325 e. The van der Waals surface area contributed by atoms with Crippen molar-refractivity contribution in [2.75, 3.05) is 19.7 Å². The van der Waals surface area contributed by atoms with E-state index >= 15 is 0 Å². The van der Waals surface area contributed by atoms with Crippen LogP contribution in [0.15, 0.2) is 47.3 Å². The number of carbonyl (C=O) groups is 4. The first-order valence-electron chi connectivity index (χ1n) is 11.5. The lowest BCUT2D eigenvalue weighted by atomic mass is 9.95. The highest BCUT2D eigenvalue weighted by Gasteiger charge is 2.34. The lowest BCUT2D eigenvalue weighted by Gasteiger charge is -2.32. The molecular formula is C24H30N4O6. The number of esters is 1. The summed E-state index contributed by atoms with van der Waals surface area (Å²) in [5.41, 5.74) is 0.450. The molecule has 2 aromatic heterocycles. The molecule has 3 amide bonds. The topological polar surface area (TPSA) is 131 Å². The highest BCUT2D eigenvalue weighted by atomic mass is 16.5. The van der Waals surface area contributed by atoms with Crippen molar-refractivity contribution >= 4 is 23.7 Å². The van der Waals surface area contributed by atoms with Crippen molar-refractivity contribution in [3.63, 3.8) is 0 Å². The molecule has 182 valence electrons. The molecule has 1 atom stereocenters. The van der Waals surface area contributed by atoms with Crippen molar-refractivity contribution in [3.05, 3.63) is 54.2 Å². The van der Waals surface area contributed by atoms with Gasteiger partial charge in [0.25, 0.3) is 5.91 Å². The molecule has 34 heavy (non-hydrogen) atoms. The van der Waals surface area contributed by atoms with Gasteiger partial charge in [0.1, 0.15) is 12.6 Å². The summed E-state index contributed by atoms with van der Waals surface area (Å²) >= 11 is 0. The zero-order chi connectivity index (χ0) is 24.3. The molecule has 3 rings (SSSR count). The van der Waals surface area contributed by atoms with E-state index in [0.29, 0.717) is 5.56 Å². The van der Waals surface area contributed by atoms with Gasteiger partial charge in [-0.05, 0) is 38.0 Å². The Hall–Kier alpha value is -3.69. The van der Waals surface area contributed by atoms with Crippen LogP contribution in [0.3, 0.4) is 0 Å². The lowest BCUT2D eigenvalue weighted by molar-refractivity contribution is -0.152. The Bertz CT molecular complexity index is 957. The molecule has 1 aliphatic rings. The maximum atomic E-state index is 13.4. The minimum atomic E-state index is -1.12. The molecule has 0 unspecified atom stereocenters. The zero-order valence-corrected chi connectivity index (χ0v) is 19.2. The molecule has 1 saturated carbocycles. The lowest BCUT2D eigenvalue weighted by Crippen LogP contribution is -2.51. The van der Waals surface area contributed by atoms with Crippen LogP contribution in [-0.2, 0) is 19.1 Å². The zero-order valence-electron chi connectivity index (χ0n) is 19.2. The fourth-order valence-corrected chi connectivity index (χ4v) is 3.96. The molecule has 0 saturated heterocycles. The number of pyridine rings is 1. The van der Waals surface area contributed by atoms with E-state index in [9.17, 15) is 19.2 Å². The van der Waals surface area contributed by atoms with Gasteiger partial charge >= 0.3 is 5.97 Å². The van der Waals surface area contributed by atoms with Gasteiger partial charge < -0.3 is 24.7 Å². The number of ether oxygens (including phenoxy) is 1. The number of aromatic nitrogens is 1. The highest BCUT2D eigenvalue weighted by molar-refractivity contribution is 5.96. The number of carbonyl (C=O) groups excluding carboxylic acids is 4. The second-order valence-corrected chi connectivity index (χ2v) is 8.02. The van der Waals surface area contributed by atoms with Gasteiger partial charge in [0.05, 0.1) is 19.4 Å². The average molecular weight is 471 g/mol. The SMILES string of the molecule is CCOC(=O)CN(C(=O)CNC(=O)c1ccco1)[C@H](C(=O)NC1CCCCC1)c1cccnc1. The van der Waals surface area contributed by atoms with Gasteiger partial charge in [0.2, 0.25) is 11.8 Å². The van der Waals surface area contributed by atoms with Crippen LogP contribution >= 0.6 is 0 Å². The standard InChI is InChI=1S/C24H30N4O6/c1-2-33-21(30)16-28(20(29)15-26-23(31)19-11-7-13-34-19)22(17-8-6-12-25-14-17)24(32)27-18-9-4-3-5-10-18/h6-8,11-14,18,22H,2-5,9-10,15-16H2,1H3,(H,26,31)(H,27,32)/t22-/m0/s1. The summed E-state index contributed by atoms with van der Waals surface area (Å²) in [7, 11) is 0. The van der Waals surface area contributed by atoms with Gasteiger partial charge in [-0.2, -0.15) is 0 Å². The fraction of sp³-hybridized carbons (Fsp3) is 0.458. The third kappa shape index (κ3) is 6.90. The Morgan fingerprint density at radius 2 is 1.97 bits per heavy atom. The van der Waals surface area contributed by atoms with Gasteiger partial charge in [-0.25, -0.2) is 0 Å². The van der Waals surface area contributed by atoms with Crippen LogP contribution in [0, 0.1) is 0 Å². The van der Waals surface area contributed by atoms with Crippen LogP contribution in [0.25, 0.3) is 0 Å². The largest absolute Gasteiger partial charge is 0.465 e. The van der Waals surface area contributed by atoms with Gasteiger partial charge in [-0.15, -0.1) is 0 Å². The van der Waals surface area contributed by atoms with Gasteiger partial charge in [0.15, 0.2) is 5.76 Å². The summed E-state index contributed by atoms with van der Waals surface area (Å²) in [6, 6.07) is 5.23. The second-order valence-electron chi connectivity index (χ2n) is 8.02. The van der Waals surface area contributed by atoms with Crippen LogP contribution in [-0.4, -0.2) is 59.3 Å². The number of hydrogen-bond acceptors (Lipinski definition) is 7. The molecule has 1 fully saturated rings. The summed E-state index contributed by atoms with van der Waals surface area (Å²) < 4.78 is 10.1. The van der Waals surface area contributed by atoms with Crippen molar-refractivity contribution in [3.8, 4) is 0 Å². The average Bonchev–Trinajstić information content (AvgIpc) is 3.39. The Balaban J connectivity index is 1.83. The summed E-state index contributed by atoms with van der Waals surface area (Å²) in [5, 5.41) is 5.50. The van der Waals surface area contributed by atoms with Gasteiger partial charge in [-0.3, -0.25) is 24.2 Å². The molecule has 2 aromatic rings. The Morgan fingerprint density at radius 1 is 1.18 bits per heavy atom. The van der Waals surface area contributed by atoms with Crippen molar-refractivity contribution in [2.45, 2.75) is 51.1 Å². The molecule has 0 aliphatic heterocycles. The van der Waals surface area contributed by atoms with Crippen LogP contribution in [0.2, 0.25) is 0 Å². The molecule has 2 heterocycles. The first-order valence-corrected chi connectivity index (χ1v) is 11.5. The van der Waals surface area contributed by atoms with E-state index in [0.717, 1.165) is 37.0 Å². The molecular weight excluding hydrogens is 440 g/mol. The number of furan rings is 1. The Morgan fingerprint density at radius 3 is 2.62 bits per heavy atom. The van der Waals surface area contributed by atoms with Crippen LogP contribution in [0.1, 0.15) is 61.2 Å². The highest BCUT2D eigenvalue weighted by Crippen LogP contribution is 2.23. The second kappa shape index (κ2) is 12.5. The van der Waals surface area contributed by atoms with E-state index in [-0.39, 0.29) is 18.4 Å². The molecule has 0 bridgehead atoms. The molecule has 1 aliphatic carbocycles. The van der Waals surface area contributed by atoms with Gasteiger partial charge in [0, 0.05) is 24.0 Å². The predicted octanol–water partition coefficient (Wildman–Crippen LogP) is 1.99. The number of nitrogens with zero attached hydrogens (tertiary/aromatic N) is 2.